The number of carbonyl (C=O) groups excluding carboxylic acids is 1. The molecule has 1 saturated heterocycles. The minimum absolute atomic E-state index is 0.124. The van der Waals surface area contributed by atoms with Crippen molar-refractivity contribution in [3.05, 3.63) is 41.2 Å². The van der Waals surface area contributed by atoms with E-state index >= 15 is 0 Å². The van der Waals surface area contributed by atoms with E-state index in [1.54, 1.807) is 10.9 Å². The number of hydrogen-bond acceptors (Lipinski definition) is 4. The zero-order chi connectivity index (χ0) is 15.5. The lowest BCUT2D eigenvalue weighted by Gasteiger charge is -2.09. The number of nitrogens with one attached hydrogen (secondary N) is 1. The maximum Gasteiger partial charge on any atom is 0.273 e. The van der Waals surface area contributed by atoms with E-state index in [0.717, 1.165) is 36.3 Å². The van der Waals surface area contributed by atoms with Crippen molar-refractivity contribution in [2.75, 3.05) is 13.2 Å². The molecule has 1 fully saturated rings. The van der Waals surface area contributed by atoms with Crippen LogP contribution in [0.1, 0.15) is 34.5 Å². The van der Waals surface area contributed by atoms with Gasteiger partial charge in [-0.25, -0.2) is 4.68 Å². The van der Waals surface area contributed by atoms with Crippen LogP contribution in [0.25, 0.3) is 5.69 Å². The normalized spacial score (nSPS) is 17.6. The molecule has 1 aromatic carbocycles. The number of ether oxygens (including phenoxy) is 1. The second-order valence-corrected chi connectivity index (χ2v) is 5.74. The summed E-state index contributed by atoms with van der Waals surface area (Å²) in [6, 6.07) is 6.11. The van der Waals surface area contributed by atoms with Crippen LogP contribution in [0.15, 0.2) is 24.4 Å². The third-order valence-corrected chi connectivity index (χ3v) is 3.71. The first-order valence-corrected chi connectivity index (χ1v) is 7.52. The molecule has 6 nitrogen and oxygen atoms in total. The Morgan fingerprint density at radius 1 is 1.36 bits per heavy atom. The molecule has 1 aromatic heterocycles. The van der Waals surface area contributed by atoms with Crippen LogP contribution in [0.5, 0.6) is 0 Å². The lowest BCUT2D eigenvalue weighted by molar-refractivity contribution is 0.0853. The van der Waals surface area contributed by atoms with Crippen LogP contribution in [0.3, 0.4) is 0 Å². The zero-order valence-electron chi connectivity index (χ0n) is 12.9. The van der Waals surface area contributed by atoms with Crippen LogP contribution < -0.4 is 5.32 Å². The molecule has 1 amide bonds. The van der Waals surface area contributed by atoms with Crippen molar-refractivity contribution in [2.45, 2.75) is 32.8 Å². The number of rotatable bonds is 4. The second-order valence-electron chi connectivity index (χ2n) is 5.74. The SMILES string of the molecule is Cc1cc(C)cc(-n2cc(C(=O)NC[C@H]3CCCO3)nn2)c1. The fourth-order valence-electron chi connectivity index (χ4n) is 2.68. The Kier molecular flexibility index (Phi) is 4.20. The van der Waals surface area contributed by atoms with Crippen molar-refractivity contribution in [3.63, 3.8) is 0 Å². The minimum atomic E-state index is -0.217. The van der Waals surface area contributed by atoms with Gasteiger partial charge in [0.1, 0.15) is 0 Å². The predicted octanol–water partition coefficient (Wildman–Crippen LogP) is 1.79. The molecule has 0 radical (unpaired) electrons. The first-order chi connectivity index (χ1) is 10.6. The molecule has 3 rings (SSSR count). The molecule has 0 spiro atoms. The molecule has 6 heteroatoms. The highest BCUT2D eigenvalue weighted by atomic mass is 16.5. The van der Waals surface area contributed by atoms with Gasteiger partial charge in [0, 0.05) is 13.2 Å². The summed E-state index contributed by atoms with van der Waals surface area (Å²) in [6.45, 7) is 5.37. The van der Waals surface area contributed by atoms with Gasteiger partial charge in [-0.2, -0.15) is 0 Å². The molecule has 1 N–H and O–H groups in total. The number of aryl methyl sites for hydroxylation is 2. The van der Waals surface area contributed by atoms with E-state index in [4.69, 9.17) is 4.74 Å². The van der Waals surface area contributed by atoms with Gasteiger partial charge in [0.2, 0.25) is 0 Å². The quantitative estimate of drug-likeness (QED) is 0.934. The Hall–Kier alpha value is -2.21. The van der Waals surface area contributed by atoms with E-state index in [-0.39, 0.29) is 12.0 Å². The van der Waals surface area contributed by atoms with Crippen molar-refractivity contribution in [1.82, 2.24) is 20.3 Å². The summed E-state index contributed by atoms with van der Waals surface area (Å²) in [5, 5.41) is 10.8. The predicted molar refractivity (Wildman–Crippen MR) is 82.1 cm³/mol. The van der Waals surface area contributed by atoms with Crippen molar-refractivity contribution in [3.8, 4) is 5.69 Å². The highest BCUT2D eigenvalue weighted by Crippen LogP contribution is 2.13. The van der Waals surface area contributed by atoms with E-state index in [0.29, 0.717) is 12.2 Å². The van der Waals surface area contributed by atoms with Crippen LogP contribution in [0.4, 0.5) is 0 Å². The van der Waals surface area contributed by atoms with Gasteiger partial charge in [-0.1, -0.05) is 11.3 Å². The van der Waals surface area contributed by atoms with Gasteiger partial charge in [-0.05, 0) is 49.9 Å². The maximum atomic E-state index is 12.1. The molecular weight excluding hydrogens is 280 g/mol. The number of aromatic nitrogens is 3. The van der Waals surface area contributed by atoms with Crippen LogP contribution >= 0.6 is 0 Å². The number of benzene rings is 1. The molecule has 0 unspecified atom stereocenters. The Bertz CT molecular complexity index is 654. The van der Waals surface area contributed by atoms with Crippen LogP contribution in [0.2, 0.25) is 0 Å². The Morgan fingerprint density at radius 3 is 2.82 bits per heavy atom. The minimum Gasteiger partial charge on any atom is -0.376 e. The molecule has 2 heterocycles. The molecule has 1 aliphatic heterocycles. The third kappa shape index (κ3) is 3.33. The summed E-state index contributed by atoms with van der Waals surface area (Å²) < 4.78 is 7.11. The first-order valence-electron chi connectivity index (χ1n) is 7.52. The molecule has 22 heavy (non-hydrogen) atoms. The van der Waals surface area contributed by atoms with E-state index in [9.17, 15) is 4.79 Å². The van der Waals surface area contributed by atoms with E-state index in [2.05, 4.69) is 21.7 Å². The molecule has 2 aromatic rings. The highest BCUT2D eigenvalue weighted by molar-refractivity contribution is 5.91. The summed E-state index contributed by atoms with van der Waals surface area (Å²) in [5.74, 6) is -0.217. The monoisotopic (exact) mass is 300 g/mol. The molecule has 1 atom stereocenters. The largest absolute Gasteiger partial charge is 0.376 e. The number of nitrogens with zero attached hydrogens (tertiary/aromatic N) is 3. The van der Waals surface area contributed by atoms with Gasteiger partial charge >= 0.3 is 0 Å². The molecule has 116 valence electrons. The average Bonchev–Trinajstić information content (AvgIpc) is 3.15. The molecule has 1 aliphatic rings. The lowest BCUT2D eigenvalue weighted by atomic mass is 10.1. The average molecular weight is 300 g/mol. The summed E-state index contributed by atoms with van der Waals surface area (Å²) in [6.07, 6.45) is 3.83. The van der Waals surface area contributed by atoms with Crippen LogP contribution in [-0.4, -0.2) is 40.2 Å². The Morgan fingerprint density at radius 2 is 2.14 bits per heavy atom. The fraction of sp³-hybridized carbons (Fsp3) is 0.438. The molecular formula is C16H20N4O2. The number of amides is 1. The molecule has 0 aliphatic carbocycles. The van der Waals surface area contributed by atoms with Gasteiger partial charge in [-0.15, -0.1) is 5.10 Å². The van der Waals surface area contributed by atoms with Crippen molar-refractivity contribution < 1.29 is 9.53 Å². The lowest BCUT2D eigenvalue weighted by Crippen LogP contribution is -2.31. The topological polar surface area (TPSA) is 69.0 Å². The first kappa shape index (κ1) is 14.7. The fourth-order valence-corrected chi connectivity index (χ4v) is 2.68. The van der Waals surface area contributed by atoms with Crippen molar-refractivity contribution in [1.29, 1.82) is 0 Å². The smallest absolute Gasteiger partial charge is 0.273 e. The van der Waals surface area contributed by atoms with Gasteiger partial charge < -0.3 is 10.1 Å². The third-order valence-electron chi connectivity index (χ3n) is 3.71. The van der Waals surface area contributed by atoms with Gasteiger partial charge in [0.05, 0.1) is 18.0 Å². The number of hydrogen-bond donors (Lipinski definition) is 1. The van der Waals surface area contributed by atoms with Gasteiger partial charge in [0.25, 0.3) is 5.91 Å². The maximum absolute atomic E-state index is 12.1. The Balaban J connectivity index is 1.68. The van der Waals surface area contributed by atoms with E-state index < -0.39 is 0 Å². The molecule has 0 saturated carbocycles. The summed E-state index contributed by atoms with van der Waals surface area (Å²) in [5.41, 5.74) is 3.52. The Labute approximate surface area is 129 Å². The zero-order valence-corrected chi connectivity index (χ0v) is 12.9. The molecule has 0 bridgehead atoms. The highest BCUT2D eigenvalue weighted by Gasteiger charge is 2.18. The standard InChI is InChI=1S/C16H20N4O2/c1-11-6-12(2)8-13(7-11)20-10-15(18-19-20)16(21)17-9-14-4-3-5-22-14/h6-8,10,14H,3-5,9H2,1-2H3,(H,17,21)/t14-/m1/s1. The number of carbonyl (C=O) groups is 1. The van der Waals surface area contributed by atoms with Gasteiger partial charge in [-0.3, -0.25) is 4.79 Å². The van der Waals surface area contributed by atoms with Gasteiger partial charge in [0.15, 0.2) is 5.69 Å². The van der Waals surface area contributed by atoms with E-state index in [1.165, 1.54) is 0 Å². The second kappa shape index (κ2) is 6.27. The van der Waals surface area contributed by atoms with Crippen LogP contribution in [0, 0.1) is 13.8 Å². The summed E-state index contributed by atoms with van der Waals surface area (Å²) >= 11 is 0. The van der Waals surface area contributed by atoms with Crippen molar-refractivity contribution in [2.24, 2.45) is 0 Å². The summed E-state index contributed by atoms with van der Waals surface area (Å²) in [4.78, 5) is 12.1. The summed E-state index contributed by atoms with van der Waals surface area (Å²) in [7, 11) is 0. The van der Waals surface area contributed by atoms with Crippen molar-refractivity contribution >= 4 is 5.91 Å². The van der Waals surface area contributed by atoms with Crippen LogP contribution in [-0.2, 0) is 4.74 Å². The van der Waals surface area contributed by atoms with E-state index in [1.807, 2.05) is 26.0 Å².